The van der Waals surface area contributed by atoms with E-state index in [1.165, 1.54) is 17.8 Å². The number of sulfonamides is 1. The van der Waals surface area contributed by atoms with Crippen LogP contribution in [0, 0.1) is 0 Å². The van der Waals surface area contributed by atoms with Crippen molar-refractivity contribution in [1.82, 2.24) is 19.8 Å². The number of aromatic hydroxyl groups is 1. The molecule has 0 atom stereocenters. The maximum atomic E-state index is 14.0. The Balaban J connectivity index is 1.04. The van der Waals surface area contributed by atoms with E-state index in [4.69, 9.17) is 0 Å². The van der Waals surface area contributed by atoms with Crippen LogP contribution in [0.4, 0.5) is 24.7 Å². The van der Waals surface area contributed by atoms with Crippen LogP contribution in [0.25, 0.3) is 11.1 Å². The lowest BCUT2D eigenvalue weighted by Crippen LogP contribution is -2.46. The SMILES string of the molecule is O=C(NS(=O)(=O)c1ccc(NCCSc2ccccc2)c(C(F)(F)F)c1)c1ccc(N2CCN(Cc3ccccc3-c3cccc(O)c3)CC2)nn1. The largest absolute Gasteiger partial charge is 0.508 e. The van der Waals surface area contributed by atoms with Crippen LogP contribution in [-0.2, 0) is 22.7 Å². The Morgan fingerprint density at radius 1 is 0.846 bits per heavy atom. The van der Waals surface area contributed by atoms with Crippen LogP contribution in [0.3, 0.4) is 0 Å². The fourth-order valence-corrected chi connectivity index (χ4v) is 7.56. The highest BCUT2D eigenvalue weighted by Crippen LogP contribution is 2.36. The molecule has 52 heavy (non-hydrogen) atoms. The van der Waals surface area contributed by atoms with E-state index in [1.54, 1.807) is 18.2 Å². The van der Waals surface area contributed by atoms with Crippen LogP contribution in [-0.4, -0.2) is 73.0 Å². The van der Waals surface area contributed by atoms with Gasteiger partial charge in [0.1, 0.15) is 5.75 Å². The molecule has 270 valence electrons. The number of hydrogen-bond donors (Lipinski definition) is 3. The number of hydrogen-bond acceptors (Lipinski definition) is 10. The smallest absolute Gasteiger partial charge is 0.418 e. The molecule has 0 aliphatic carbocycles. The first-order valence-corrected chi connectivity index (χ1v) is 18.8. The summed E-state index contributed by atoms with van der Waals surface area (Å²) in [6.07, 6.45) is -4.85. The maximum Gasteiger partial charge on any atom is 0.418 e. The summed E-state index contributed by atoms with van der Waals surface area (Å²) in [4.78, 5) is 17.4. The Morgan fingerprint density at radius 3 is 2.31 bits per heavy atom. The lowest BCUT2D eigenvalue weighted by atomic mass is 9.99. The summed E-state index contributed by atoms with van der Waals surface area (Å²) in [6, 6.07) is 30.0. The molecule has 1 fully saturated rings. The molecule has 1 amide bonds. The van der Waals surface area contributed by atoms with Crippen molar-refractivity contribution in [1.29, 1.82) is 0 Å². The minimum Gasteiger partial charge on any atom is -0.508 e. The third kappa shape index (κ3) is 9.21. The quantitative estimate of drug-likeness (QED) is 0.0960. The number of alkyl halides is 3. The number of amides is 1. The molecular formula is C37H35F3N6O4S2. The number of rotatable bonds is 12. The van der Waals surface area contributed by atoms with Crippen LogP contribution in [0.2, 0.25) is 0 Å². The maximum absolute atomic E-state index is 14.0. The monoisotopic (exact) mass is 748 g/mol. The molecule has 4 aromatic carbocycles. The molecule has 2 heterocycles. The first-order valence-electron chi connectivity index (χ1n) is 16.3. The second-order valence-electron chi connectivity index (χ2n) is 12.0. The topological polar surface area (TPSA) is 128 Å². The van der Waals surface area contributed by atoms with Gasteiger partial charge in [-0.2, -0.15) is 13.2 Å². The van der Waals surface area contributed by atoms with E-state index < -0.39 is 32.6 Å². The van der Waals surface area contributed by atoms with Crippen LogP contribution < -0.4 is 14.9 Å². The molecule has 1 aliphatic rings. The number of anilines is 2. The molecule has 15 heteroatoms. The first kappa shape index (κ1) is 36.7. The summed E-state index contributed by atoms with van der Waals surface area (Å²) in [5.74, 6) is 0.0578. The van der Waals surface area contributed by atoms with Crippen molar-refractivity contribution < 1.29 is 31.5 Å². The molecule has 1 aromatic heterocycles. The highest BCUT2D eigenvalue weighted by molar-refractivity contribution is 7.99. The molecular weight excluding hydrogens is 714 g/mol. The highest BCUT2D eigenvalue weighted by Gasteiger charge is 2.35. The number of thioether (sulfide) groups is 1. The van der Waals surface area contributed by atoms with E-state index in [1.807, 2.05) is 70.3 Å². The molecule has 5 aromatic rings. The van der Waals surface area contributed by atoms with Crippen molar-refractivity contribution in [3.8, 4) is 16.9 Å². The first-order chi connectivity index (χ1) is 25.0. The molecule has 0 spiro atoms. The second kappa shape index (κ2) is 16.0. The number of nitrogens with zero attached hydrogens (tertiary/aromatic N) is 4. The van der Waals surface area contributed by atoms with Gasteiger partial charge in [0, 0.05) is 55.6 Å². The zero-order valence-electron chi connectivity index (χ0n) is 27.8. The second-order valence-corrected chi connectivity index (χ2v) is 14.8. The van der Waals surface area contributed by atoms with Gasteiger partial charge in [-0.3, -0.25) is 9.69 Å². The minimum absolute atomic E-state index is 0.200. The van der Waals surface area contributed by atoms with E-state index in [2.05, 4.69) is 26.5 Å². The van der Waals surface area contributed by atoms with Crippen molar-refractivity contribution in [2.24, 2.45) is 0 Å². The summed E-state index contributed by atoms with van der Waals surface area (Å²) in [7, 11) is -4.68. The average Bonchev–Trinajstić information content (AvgIpc) is 3.14. The van der Waals surface area contributed by atoms with Gasteiger partial charge >= 0.3 is 6.18 Å². The van der Waals surface area contributed by atoms with E-state index in [0.717, 1.165) is 46.8 Å². The number of phenolic OH excluding ortho intramolecular Hbond substituents is 1. The normalized spacial score (nSPS) is 13.9. The highest BCUT2D eigenvalue weighted by atomic mass is 32.2. The van der Waals surface area contributed by atoms with Crippen molar-refractivity contribution in [3.63, 3.8) is 0 Å². The van der Waals surface area contributed by atoms with Gasteiger partial charge in [0.05, 0.1) is 10.5 Å². The summed E-state index contributed by atoms with van der Waals surface area (Å²) in [5, 5.41) is 20.7. The lowest BCUT2D eigenvalue weighted by molar-refractivity contribution is -0.137. The number of aromatic nitrogens is 2. The molecule has 0 radical (unpaired) electrons. The molecule has 0 unspecified atom stereocenters. The zero-order valence-corrected chi connectivity index (χ0v) is 29.4. The van der Waals surface area contributed by atoms with Gasteiger partial charge in [-0.15, -0.1) is 22.0 Å². The van der Waals surface area contributed by atoms with Crippen LogP contribution in [0.5, 0.6) is 5.75 Å². The lowest BCUT2D eigenvalue weighted by Gasteiger charge is -2.35. The Labute approximate surface area is 303 Å². The molecule has 1 saturated heterocycles. The molecule has 0 saturated carbocycles. The summed E-state index contributed by atoms with van der Waals surface area (Å²) >= 11 is 1.47. The van der Waals surface area contributed by atoms with Crippen molar-refractivity contribution >= 4 is 39.2 Å². The van der Waals surface area contributed by atoms with E-state index in [0.29, 0.717) is 37.3 Å². The minimum atomic E-state index is -4.85. The molecule has 1 aliphatic heterocycles. The summed E-state index contributed by atoms with van der Waals surface area (Å²) < 4.78 is 69.7. The predicted octanol–water partition coefficient (Wildman–Crippen LogP) is 6.51. The van der Waals surface area contributed by atoms with E-state index in [-0.39, 0.29) is 23.7 Å². The zero-order chi connectivity index (χ0) is 36.7. The fraction of sp³-hybridized carbons (Fsp3) is 0.216. The number of carbonyl (C=O) groups is 1. The standard InChI is InChI=1S/C37H35F3N6O4S2/c38-37(39,40)32-24-30(13-14-33(32)41-17-22-51-29-10-2-1-3-11-29)52(49,50)44-36(48)34-15-16-35(43-42-34)46-20-18-45(19-21-46)25-27-7-4-5-12-31(27)26-8-6-9-28(47)23-26/h1-16,23-24,41,47H,17-22,25H2,(H,44,48). The van der Waals surface area contributed by atoms with Gasteiger partial charge in [0.25, 0.3) is 15.9 Å². The summed E-state index contributed by atoms with van der Waals surface area (Å²) in [6.45, 7) is 3.60. The van der Waals surface area contributed by atoms with Crippen molar-refractivity contribution in [2.45, 2.75) is 22.5 Å². The van der Waals surface area contributed by atoms with Gasteiger partial charge in [0.2, 0.25) is 0 Å². The van der Waals surface area contributed by atoms with Crippen LogP contribution in [0.1, 0.15) is 21.6 Å². The van der Waals surface area contributed by atoms with Crippen molar-refractivity contribution in [2.75, 3.05) is 48.7 Å². The van der Waals surface area contributed by atoms with Gasteiger partial charge in [-0.05, 0) is 71.3 Å². The Bertz CT molecular complexity index is 2110. The molecule has 0 bridgehead atoms. The molecule has 6 rings (SSSR count). The van der Waals surface area contributed by atoms with Gasteiger partial charge < -0.3 is 15.3 Å². The third-order valence-corrected chi connectivity index (χ3v) is 10.8. The Kier molecular flexibility index (Phi) is 11.3. The number of piperazine rings is 1. The summed E-state index contributed by atoms with van der Waals surface area (Å²) in [5.41, 5.74) is 1.36. The number of carbonyl (C=O) groups excluding carboxylic acids is 1. The number of phenols is 1. The Hall–Kier alpha value is -5.12. The van der Waals surface area contributed by atoms with Crippen LogP contribution in [0.15, 0.2) is 119 Å². The van der Waals surface area contributed by atoms with E-state index >= 15 is 0 Å². The van der Waals surface area contributed by atoms with Gasteiger partial charge in [-0.1, -0.05) is 54.6 Å². The number of nitrogens with one attached hydrogen (secondary N) is 2. The third-order valence-electron chi connectivity index (χ3n) is 8.41. The Morgan fingerprint density at radius 2 is 1.60 bits per heavy atom. The average molecular weight is 749 g/mol. The van der Waals surface area contributed by atoms with Crippen LogP contribution >= 0.6 is 11.8 Å². The number of halogens is 3. The molecule has 10 nitrogen and oxygen atoms in total. The van der Waals surface area contributed by atoms with Crippen molar-refractivity contribution in [3.05, 3.63) is 126 Å². The molecule has 3 N–H and O–H groups in total. The fourth-order valence-electron chi connectivity index (χ4n) is 5.79. The van der Waals surface area contributed by atoms with Gasteiger partial charge in [0.15, 0.2) is 11.5 Å². The van der Waals surface area contributed by atoms with Gasteiger partial charge in [-0.25, -0.2) is 13.1 Å². The van der Waals surface area contributed by atoms with E-state index in [9.17, 15) is 31.5 Å². The predicted molar refractivity (Wildman–Crippen MR) is 195 cm³/mol. The number of benzene rings is 4.